The number of carbonyl (C=O) groups excluding carboxylic acids is 2. The zero-order chi connectivity index (χ0) is 20.1. The lowest BCUT2D eigenvalue weighted by Crippen LogP contribution is -2.20. The van der Waals surface area contributed by atoms with E-state index in [2.05, 4.69) is 36.4 Å². The molecule has 2 aromatic heterocycles. The Morgan fingerprint density at radius 1 is 1.26 bits per heavy atom. The Morgan fingerprint density at radius 2 is 1.96 bits per heavy atom. The van der Waals surface area contributed by atoms with E-state index in [1.54, 1.807) is 17.8 Å². The number of nitrogens with zero attached hydrogens (tertiary/aromatic N) is 2. The van der Waals surface area contributed by atoms with Gasteiger partial charge in [-0.1, -0.05) is 13.8 Å². The summed E-state index contributed by atoms with van der Waals surface area (Å²) in [4.78, 5) is 28.8. The van der Waals surface area contributed by atoms with Gasteiger partial charge in [-0.2, -0.15) is 0 Å². The highest BCUT2D eigenvalue weighted by Crippen LogP contribution is 2.32. The average molecular weight is 376 g/mol. The zero-order valence-corrected chi connectivity index (χ0v) is 16.8. The largest absolute Gasteiger partial charge is 0.464 e. The fourth-order valence-corrected chi connectivity index (χ4v) is 3.21. The van der Waals surface area contributed by atoms with Crippen molar-refractivity contribution in [2.75, 3.05) is 31.5 Å². The van der Waals surface area contributed by atoms with Gasteiger partial charge >= 0.3 is 5.97 Å². The van der Waals surface area contributed by atoms with Crippen LogP contribution in [0.3, 0.4) is 0 Å². The molecular formula is C19H28N4O4. The molecule has 0 spiro atoms. The van der Waals surface area contributed by atoms with E-state index in [1.807, 2.05) is 6.07 Å². The minimum Gasteiger partial charge on any atom is -0.464 e. The van der Waals surface area contributed by atoms with Gasteiger partial charge in [0.15, 0.2) is 5.69 Å². The molecule has 0 saturated heterocycles. The van der Waals surface area contributed by atoms with Gasteiger partial charge in [0.2, 0.25) is 5.91 Å². The van der Waals surface area contributed by atoms with Crippen molar-refractivity contribution in [2.45, 2.75) is 33.2 Å². The molecule has 2 N–H and O–H groups in total. The quantitative estimate of drug-likeness (QED) is 0.688. The lowest BCUT2D eigenvalue weighted by molar-refractivity contribution is -0.119. The number of carbonyl (C=O) groups is 2. The minimum absolute atomic E-state index is 0.117. The van der Waals surface area contributed by atoms with Crippen LogP contribution in [0.5, 0.6) is 0 Å². The van der Waals surface area contributed by atoms with Gasteiger partial charge in [0.05, 0.1) is 24.7 Å². The van der Waals surface area contributed by atoms with Crippen LogP contribution in [-0.4, -0.2) is 48.3 Å². The highest BCUT2D eigenvalue weighted by Gasteiger charge is 2.24. The summed E-state index contributed by atoms with van der Waals surface area (Å²) in [5.74, 6) is -0.344. The molecule has 0 radical (unpaired) electrons. The second-order valence-corrected chi connectivity index (χ2v) is 7.03. The van der Waals surface area contributed by atoms with Crippen LogP contribution >= 0.6 is 0 Å². The van der Waals surface area contributed by atoms with Crippen molar-refractivity contribution in [2.24, 2.45) is 13.0 Å². The third-order valence-electron chi connectivity index (χ3n) is 4.18. The van der Waals surface area contributed by atoms with Gasteiger partial charge in [0, 0.05) is 25.6 Å². The first kappa shape index (κ1) is 20.7. The number of hydrogen-bond acceptors (Lipinski definition) is 6. The van der Waals surface area contributed by atoms with Gasteiger partial charge < -0.3 is 24.7 Å². The lowest BCUT2D eigenvalue weighted by Gasteiger charge is -2.17. The number of fused-ring (bicyclic) bond motifs is 1. The Morgan fingerprint density at radius 3 is 2.56 bits per heavy atom. The molecule has 27 heavy (non-hydrogen) atoms. The smallest absolute Gasteiger partial charge is 0.356 e. The van der Waals surface area contributed by atoms with Crippen molar-refractivity contribution in [3.05, 3.63) is 18.0 Å². The average Bonchev–Trinajstić information content (AvgIpc) is 2.85. The van der Waals surface area contributed by atoms with Gasteiger partial charge in [-0.3, -0.25) is 4.79 Å². The van der Waals surface area contributed by atoms with E-state index in [0.717, 1.165) is 12.1 Å². The molecule has 2 heterocycles. The highest BCUT2D eigenvalue weighted by molar-refractivity contribution is 6.11. The molecule has 0 aliphatic heterocycles. The Labute approximate surface area is 159 Å². The molecular weight excluding hydrogens is 348 g/mol. The van der Waals surface area contributed by atoms with Crippen LogP contribution in [-0.2, 0) is 21.3 Å². The summed E-state index contributed by atoms with van der Waals surface area (Å²) in [5, 5.41) is 6.82. The molecule has 2 rings (SSSR count). The van der Waals surface area contributed by atoms with Crippen LogP contribution in [0, 0.1) is 5.92 Å². The number of ether oxygens (including phenoxy) is 2. The Bertz CT molecular complexity index is 829. The second-order valence-electron chi connectivity index (χ2n) is 7.03. The summed E-state index contributed by atoms with van der Waals surface area (Å²) in [7, 11) is 4.44. The van der Waals surface area contributed by atoms with E-state index in [9.17, 15) is 9.59 Å². The summed E-state index contributed by atoms with van der Waals surface area (Å²) >= 11 is 0. The summed E-state index contributed by atoms with van der Waals surface area (Å²) in [6.07, 6.45) is 2.73. The number of anilines is 2. The molecule has 0 aliphatic carbocycles. The molecule has 0 bridgehead atoms. The molecule has 0 unspecified atom stereocenters. The molecule has 0 saturated carbocycles. The number of pyridine rings is 1. The number of amides is 1. The van der Waals surface area contributed by atoms with Gasteiger partial charge in [-0.25, -0.2) is 9.78 Å². The summed E-state index contributed by atoms with van der Waals surface area (Å²) < 4.78 is 11.4. The highest BCUT2D eigenvalue weighted by atomic mass is 16.5. The predicted octanol–water partition coefficient (Wildman–Crippen LogP) is 2.79. The maximum Gasteiger partial charge on any atom is 0.356 e. The van der Waals surface area contributed by atoms with Crippen LogP contribution in [0.25, 0.3) is 11.0 Å². The standard InChI is InChI=1S/C19H28N4O4/c1-11(2)7-12(3)21-13-8-14-16(22-15(24)10-26-5)17(19(25)27-6)23(4)18(14)20-9-13/h8-9,11-12,21H,7,10H2,1-6H3,(H,22,24)/t12-/m0/s1. The van der Waals surface area contributed by atoms with Gasteiger partial charge in [-0.15, -0.1) is 0 Å². The number of aromatic nitrogens is 2. The third-order valence-corrected chi connectivity index (χ3v) is 4.18. The molecule has 8 nitrogen and oxygen atoms in total. The monoisotopic (exact) mass is 376 g/mol. The topological polar surface area (TPSA) is 94.5 Å². The molecule has 1 amide bonds. The van der Waals surface area contributed by atoms with Crippen LogP contribution in [0.1, 0.15) is 37.7 Å². The van der Waals surface area contributed by atoms with E-state index >= 15 is 0 Å². The molecule has 1 atom stereocenters. The fraction of sp³-hybridized carbons (Fsp3) is 0.526. The van der Waals surface area contributed by atoms with E-state index in [1.165, 1.54) is 14.2 Å². The summed E-state index contributed by atoms with van der Waals surface area (Å²) in [5.41, 5.74) is 2.00. The van der Waals surface area contributed by atoms with Crippen molar-refractivity contribution in [1.82, 2.24) is 9.55 Å². The minimum atomic E-state index is -0.550. The lowest BCUT2D eigenvalue weighted by atomic mass is 10.1. The molecule has 148 valence electrons. The fourth-order valence-electron chi connectivity index (χ4n) is 3.21. The number of rotatable bonds is 8. The molecule has 0 fully saturated rings. The first-order valence-electron chi connectivity index (χ1n) is 8.90. The third kappa shape index (κ3) is 4.77. The van der Waals surface area contributed by atoms with Crippen LogP contribution in [0.4, 0.5) is 11.4 Å². The molecule has 2 aromatic rings. The van der Waals surface area contributed by atoms with Gasteiger partial charge in [-0.05, 0) is 25.3 Å². The van der Waals surface area contributed by atoms with Crippen molar-refractivity contribution < 1.29 is 19.1 Å². The number of nitrogens with one attached hydrogen (secondary N) is 2. The Balaban J connectivity index is 2.50. The zero-order valence-electron chi connectivity index (χ0n) is 16.8. The van der Waals surface area contributed by atoms with Crippen LogP contribution in [0.2, 0.25) is 0 Å². The summed E-state index contributed by atoms with van der Waals surface area (Å²) in [6, 6.07) is 2.15. The maximum absolute atomic E-state index is 12.3. The van der Waals surface area contributed by atoms with Crippen LogP contribution in [0.15, 0.2) is 12.3 Å². The SMILES string of the molecule is COCC(=O)Nc1c(C(=O)OC)n(C)c2ncc(N[C@@H](C)CC(C)C)cc12. The van der Waals surface area contributed by atoms with Crippen LogP contribution < -0.4 is 10.6 Å². The number of esters is 1. The van der Waals surface area contributed by atoms with Crippen molar-refractivity contribution in [3.8, 4) is 0 Å². The first-order chi connectivity index (χ1) is 12.8. The molecule has 8 heteroatoms. The first-order valence-corrected chi connectivity index (χ1v) is 8.90. The van der Waals surface area contributed by atoms with E-state index in [4.69, 9.17) is 9.47 Å². The van der Waals surface area contributed by atoms with Crippen molar-refractivity contribution >= 4 is 34.3 Å². The predicted molar refractivity (Wildman–Crippen MR) is 105 cm³/mol. The number of aryl methyl sites for hydroxylation is 1. The van der Waals surface area contributed by atoms with Crippen molar-refractivity contribution in [3.63, 3.8) is 0 Å². The molecule has 0 aliphatic rings. The number of hydrogen-bond donors (Lipinski definition) is 2. The van der Waals surface area contributed by atoms with Gasteiger partial charge in [0.1, 0.15) is 12.3 Å². The number of methoxy groups -OCH3 is 2. The second kappa shape index (κ2) is 8.85. The van der Waals surface area contributed by atoms with E-state index in [0.29, 0.717) is 22.6 Å². The van der Waals surface area contributed by atoms with Crippen molar-refractivity contribution in [1.29, 1.82) is 0 Å². The summed E-state index contributed by atoms with van der Waals surface area (Å²) in [6.45, 7) is 6.33. The van der Waals surface area contributed by atoms with E-state index < -0.39 is 5.97 Å². The maximum atomic E-state index is 12.3. The molecule has 0 aromatic carbocycles. The Hall–Kier alpha value is -2.61. The van der Waals surface area contributed by atoms with Gasteiger partial charge in [0.25, 0.3) is 0 Å². The Kier molecular flexibility index (Phi) is 6.79. The normalized spacial score (nSPS) is 12.3. The van der Waals surface area contributed by atoms with E-state index in [-0.39, 0.29) is 24.2 Å².